The quantitative estimate of drug-likeness (QED) is 0.859. The van der Waals surface area contributed by atoms with Crippen LogP contribution in [0.1, 0.15) is 36.6 Å². The van der Waals surface area contributed by atoms with Gasteiger partial charge in [0, 0.05) is 5.69 Å². The zero-order chi connectivity index (χ0) is 16.7. The molecule has 0 fully saturated rings. The Labute approximate surface area is 137 Å². The summed E-state index contributed by atoms with van der Waals surface area (Å²) in [7, 11) is 0. The predicted molar refractivity (Wildman–Crippen MR) is 92.0 cm³/mol. The highest BCUT2D eigenvalue weighted by Crippen LogP contribution is 2.14. The van der Waals surface area contributed by atoms with Gasteiger partial charge in [0.15, 0.2) is 0 Å². The Bertz CT molecular complexity index is 684. The molecule has 0 aliphatic carbocycles. The maximum atomic E-state index is 12.0. The molecule has 0 radical (unpaired) electrons. The average molecular weight is 307 g/mol. The molecule has 1 amide bonds. The van der Waals surface area contributed by atoms with Crippen LogP contribution >= 0.6 is 0 Å². The van der Waals surface area contributed by atoms with E-state index in [0.29, 0.717) is 5.56 Å². The van der Waals surface area contributed by atoms with Crippen LogP contribution in [0.15, 0.2) is 48.5 Å². The second-order valence-corrected chi connectivity index (χ2v) is 5.43. The molecule has 2 N–H and O–H groups in total. The molecule has 0 heterocycles. The first-order valence-corrected chi connectivity index (χ1v) is 7.74. The van der Waals surface area contributed by atoms with Crippen LogP contribution in [0.5, 0.6) is 0 Å². The number of anilines is 1. The molecule has 0 saturated heterocycles. The Hall–Kier alpha value is -2.80. The zero-order valence-corrected chi connectivity index (χ0v) is 13.5. The number of nitrogens with one attached hydrogen (secondary N) is 2. The average Bonchev–Trinajstić information content (AvgIpc) is 2.60. The summed E-state index contributed by atoms with van der Waals surface area (Å²) in [6, 6.07) is 17.3. The Morgan fingerprint density at radius 1 is 1.13 bits per heavy atom. The van der Waals surface area contributed by atoms with Crippen LogP contribution in [0.3, 0.4) is 0 Å². The van der Waals surface area contributed by atoms with Gasteiger partial charge in [-0.2, -0.15) is 5.26 Å². The minimum atomic E-state index is -0.0681. The Morgan fingerprint density at radius 3 is 2.35 bits per heavy atom. The highest BCUT2D eigenvalue weighted by molar-refractivity contribution is 5.81. The van der Waals surface area contributed by atoms with Crippen LogP contribution in [0.4, 0.5) is 5.69 Å². The molecule has 0 bridgehead atoms. The smallest absolute Gasteiger partial charge is 0.239 e. The fourth-order valence-corrected chi connectivity index (χ4v) is 2.26. The summed E-state index contributed by atoms with van der Waals surface area (Å²) in [4.78, 5) is 12.0. The van der Waals surface area contributed by atoms with Crippen molar-refractivity contribution in [1.29, 1.82) is 5.26 Å². The highest BCUT2D eigenvalue weighted by Gasteiger charge is 2.09. The van der Waals surface area contributed by atoms with Gasteiger partial charge in [-0.1, -0.05) is 31.2 Å². The number of carbonyl (C=O) groups is 1. The van der Waals surface area contributed by atoms with Crippen molar-refractivity contribution in [2.75, 3.05) is 11.9 Å². The molecular formula is C19H21N3O. The standard InChI is InChI=1S/C19H21N3O/c1-3-15-4-8-17(9-5-15)14(2)22-19(23)13-21-18-10-6-16(12-20)7-11-18/h4-11,14,21H,3,13H2,1-2H3,(H,22,23). The van der Waals surface area contributed by atoms with Crippen molar-refractivity contribution in [3.05, 3.63) is 65.2 Å². The lowest BCUT2D eigenvalue weighted by atomic mass is 10.1. The van der Waals surface area contributed by atoms with Gasteiger partial charge in [-0.15, -0.1) is 0 Å². The fourth-order valence-electron chi connectivity index (χ4n) is 2.26. The molecule has 23 heavy (non-hydrogen) atoms. The van der Waals surface area contributed by atoms with E-state index in [1.807, 2.05) is 6.92 Å². The third kappa shape index (κ3) is 4.86. The zero-order valence-electron chi connectivity index (χ0n) is 13.5. The van der Waals surface area contributed by atoms with E-state index < -0.39 is 0 Å². The summed E-state index contributed by atoms with van der Waals surface area (Å²) in [6.07, 6.45) is 1.01. The minimum Gasteiger partial charge on any atom is -0.376 e. The van der Waals surface area contributed by atoms with E-state index in [1.165, 1.54) is 5.56 Å². The van der Waals surface area contributed by atoms with E-state index in [9.17, 15) is 4.79 Å². The van der Waals surface area contributed by atoms with Crippen molar-refractivity contribution < 1.29 is 4.79 Å². The van der Waals surface area contributed by atoms with Gasteiger partial charge in [0.05, 0.1) is 24.2 Å². The summed E-state index contributed by atoms with van der Waals surface area (Å²) >= 11 is 0. The number of carbonyl (C=O) groups excluding carboxylic acids is 1. The van der Waals surface area contributed by atoms with Gasteiger partial charge >= 0.3 is 0 Å². The van der Waals surface area contributed by atoms with E-state index in [-0.39, 0.29) is 18.5 Å². The lowest BCUT2D eigenvalue weighted by molar-refractivity contribution is -0.120. The van der Waals surface area contributed by atoms with Gasteiger partial charge in [0.1, 0.15) is 0 Å². The molecule has 0 aromatic heterocycles. The van der Waals surface area contributed by atoms with Gasteiger partial charge in [-0.05, 0) is 48.7 Å². The first-order valence-electron chi connectivity index (χ1n) is 7.74. The van der Waals surface area contributed by atoms with Crippen LogP contribution in [0.25, 0.3) is 0 Å². The largest absolute Gasteiger partial charge is 0.376 e. The molecule has 4 nitrogen and oxygen atoms in total. The van der Waals surface area contributed by atoms with Crippen LogP contribution in [-0.2, 0) is 11.2 Å². The van der Waals surface area contributed by atoms with Crippen molar-refractivity contribution in [3.63, 3.8) is 0 Å². The first kappa shape index (κ1) is 16.6. The van der Waals surface area contributed by atoms with Crippen molar-refractivity contribution in [3.8, 4) is 6.07 Å². The van der Waals surface area contributed by atoms with Crippen molar-refractivity contribution in [2.45, 2.75) is 26.3 Å². The van der Waals surface area contributed by atoms with Gasteiger partial charge < -0.3 is 10.6 Å². The summed E-state index contributed by atoms with van der Waals surface area (Å²) in [5.41, 5.74) is 3.80. The number of nitriles is 1. The number of amides is 1. The highest BCUT2D eigenvalue weighted by atomic mass is 16.1. The second-order valence-electron chi connectivity index (χ2n) is 5.43. The third-order valence-corrected chi connectivity index (χ3v) is 3.73. The molecule has 1 atom stereocenters. The van der Waals surface area contributed by atoms with Crippen molar-refractivity contribution in [2.24, 2.45) is 0 Å². The van der Waals surface area contributed by atoms with Crippen LogP contribution in [0.2, 0.25) is 0 Å². The van der Waals surface area contributed by atoms with Gasteiger partial charge in [0.2, 0.25) is 5.91 Å². The minimum absolute atomic E-state index is 0.0313. The summed E-state index contributed by atoms with van der Waals surface area (Å²) in [5, 5.41) is 14.8. The van der Waals surface area contributed by atoms with E-state index >= 15 is 0 Å². The molecule has 2 aromatic carbocycles. The van der Waals surface area contributed by atoms with E-state index in [1.54, 1.807) is 24.3 Å². The number of hydrogen-bond acceptors (Lipinski definition) is 3. The molecule has 0 saturated carbocycles. The number of hydrogen-bond donors (Lipinski definition) is 2. The molecule has 0 aliphatic heterocycles. The van der Waals surface area contributed by atoms with Gasteiger partial charge in [-0.3, -0.25) is 4.79 Å². The molecule has 0 aliphatic rings. The molecule has 1 unspecified atom stereocenters. The van der Waals surface area contributed by atoms with Crippen molar-refractivity contribution >= 4 is 11.6 Å². The summed E-state index contributed by atoms with van der Waals surface area (Å²) < 4.78 is 0. The molecule has 2 aromatic rings. The molecule has 0 spiro atoms. The van der Waals surface area contributed by atoms with Gasteiger partial charge in [0.25, 0.3) is 0 Å². The number of rotatable bonds is 6. The fraction of sp³-hybridized carbons (Fsp3) is 0.263. The summed E-state index contributed by atoms with van der Waals surface area (Å²) in [6.45, 7) is 4.29. The molecular weight excluding hydrogens is 286 g/mol. The molecule has 2 rings (SSSR count). The molecule has 4 heteroatoms. The topological polar surface area (TPSA) is 64.9 Å². The Kier molecular flexibility index (Phi) is 5.76. The second kappa shape index (κ2) is 8.00. The monoisotopic (exact) mass is 307 g/mol. The van der Waals surface area contributed by atoms with E-state index in [4.69, 9.17) is 5.26 Å². The number of benzene rings is 2. The Morgan fingerprint density at radius 2 is 1.78 bits per heavy atom. The lowest BCUT2D eigenvalue weighted by Crippen LogP contribution is -2.32. The van der Waals surface area contributed by atoms with Crippen molar-refractivity contribution in [1.82, 2.24) is 5.32 Å². The lowest BCUT2D eigenvalue weighted by Gasteiger charge is -2.15. The van der Waals surface area contributed by atoms with Crippen LogP contribution in [0, 0.1) is 11.3 Å². The van der Waals surface area contributed by atoms with Crippen LogP contribution < -0.4 is 10.6 Å². The van der Waals surface area contributed by atoms with Gasteiger partial charge in [-0.25, -0.2) is 0 Å². The number of aryl methyl sites for hydroxylation is 1. The van der Waals surface area contributed by atoms with E-state index in [2.05, 4.69) is 47.9 Å². The number of nitrogens with zero attached hydrogens (tertiary/aromatic N) is 1. The van der Waals surface area contributed by atoms with Crippen LogP contribution in [-0.4, -0.2) is 12.5 Å². The normalized spacial score (nSPS) is 11.3. The predicted octanol–water partition coefficient (Wildman–Crippen LogP) is 3.41. The SMILES string of the molecule is CCc1ccc(C(C)NC(=O)CNc2ccc(C#N)cc2)cc1. The first-order chi connectivity index (χ1) is 11.1. The Balaban J connectivity index is 1.84. The third-order valence-electron chi connectivity index (χ3n) is 3.73. The van der Waals surface area contributed by atoms with E-state index in [0.717, 1.165) is 17.7 Å². The maximum Gasteiger partial charge on any atom is 0.239 e. The maximum absolute atomic E-state index is 12.0. The molecule has 118 valence electrons. The summed E-state index contributed by atoms with van der Waals surface area (Å²) in [5.74, 6) is -0.0681.